The number of aryl methyl sites for hydroxylation is 1. The van der Waals surface area contributed by atoms with Crippen LogP contribution in [0.2, 0.25) is 0 Å². The van der Waals surface area contributed by atoms with Gasteiger partial charge in [-0.1, -0.05) is 18.2 Å². The maximum Gasteiger partial charge on any atom is 0.336 e. The van der Waals surface area contributed by atoms with Crippen molar-refractivity contribution in [2.24, 2.45) is 0 Å². The van der Waals surface area contributed by atoms with Gasteiger partial charge in [-0.05, 0) is 18.6 Å². The Morgan fingerprint density at radius 1 is 1.47 bits per heavy atom. The van der Waals surface area contributed by atoms with E-state index in [1.807, 2.05) is 31.2 Å². The maximum atomic E-state index is 11.7. The van der Waals surface area contributed by atoms with E-state index in [1.54, 1.807) is 0 Å². The first-order valence-electron chi connectivity index (χ1n) is 5.63. The molecule has 1 amide bonds. The van der Waals surface area contributed by atoms with Crippen molar-refractivity contribution in [1.29, 1.82) is 0 Å². The summed E-state index contributed by atoms with van der Waals surface area (Å²) in [6.45, 7) is 2.02. The third kappa shape index (κ3) is 3.72. The summed E-state index contributed by atoms with van der Waals surface area (Å²) < 4.78 is 4.81. The van der Waals surface area contributed by atoms with Gasteiger partial charge in [0.05, 0.1) is 12.9 Å². The van der Waals surface area contributed by atoms with Crippen LogP contribution in [0.1, 0.15) is 5.56 Å². The van der Waals surface area contributed by atoms with Crippen LogP contribution in [0.25, 0.3) is 0 Å². The molecule has 0 fully saturated rings. The Labute approximate surface area is 115 Å². The predicted molar refractivity (Wildman–Crippen MR) is 73.5 cm³/mol. The van der Waals surface area contributed by atoms with Gasteiger partial charge in [0.25, 0.3) is 0 Å². The van der Waals surface area contributed by atoms with Crippen molar-refractivity contribution >= 4 is 23.6 Å². The Hall–Kier alpha value is -2.02. The van der Waals surface area contributed by atoms with Crippen LogP contribution in [-0.4, -0.2) is 34.0 Å². The second kappa shape index (κ2) is 6.24. The first kappa shape index (κ1) is 13.4. The SMILES string of the molecule is COc1n[nH]c(NC(=O)CSc2ccccc2C)n1. The molecule has 0 unspecified atom stereocenters. The third-order valence-corrected chi connectivity index (χ3v) is 3.53. The first-order chi connectivity index (χ1) is 9.19. The molecule has 0 bridgehead atoms. The van der Waals surface area contributed by atoms with Crippen molar-refractivity contribution in [3.8, 4) is 6.01 Å². The molecule has 0 saturated carbocycles. The number of hydrogen-bond acceptors (Lipinski definition) is 5. The lowest BCUT2D eigenvalue weighted by molar-refractivity contribution is -0.113. The van der Waals surface area contributed by atoms with Crippen LogP contribution in [0.5, 0.6) is 6.01 Å². The van der Waals surface area contributed by atoms with Crippen molar-refractivity contribution in [2.75, 3.05) is 18.2 Å². The van der Waals surface area contributed by atoms with E-state index in [0.717, 1.165) is 10.5 Å². The van der Waals surface area contributed by atoms with E-state index in [1.165, 1.54) is 18.9 Å². The van der Waals surface area contributed by atoms with Crippen LogP contribution < -0.4 is 10.1 Å². The van der Waals surface area contributed by atoms with Gasteiger partial charge in [-0.25, -0.2) is 5.10 Å². The lowest BCUT2D eigenvalue weighted by Crippen LogP contribution is -2.15. The van der Waals surface area contributed by atoms with Crippen molar-refractivity contribution < 1.29 is 9.53 Å². The number of carbonyl (C=O) groups is 1. The molecule has 100 valence electrons. The number of aromatic amines is 1. The van der Waals surface area contributed by atoms with E-state index in [9.17, 15) is 4.79 Å². The van der Waals surface area contributed by atoms with Crippen LogP contribution in [-0.2, 0) is 4.79 Å². The number of aromatic nitrogens is 3. The molecule has 7 heteroatoms. The Kier molecular flexibility index (Phi) is 4.40. The monoisotopic (exact) mass is 278 g/mol. The number of benzene rings is 1. The zero-order valence-electron chi connectivity index (χ0n) is 10.6. The Morgan fingerprint density at radius 3 is 2.95 bits per heavy atom. The van der Waals surface area contributed by atoms with E-state index in [4.69, 9.17) is 4.74 Å². The van der Waals surface area contributed by atoms with Gasteiger partial charge in [0, 0.05) is 4.90 Å². The van der Waals surface area contributed by atoms with Gasteiger partial charge in [-0.3, -0.25) is 10.1 Å². The number of rotatable bonds is 5. The number of ether oxygens (including phenoxy) is 1. The number of amides is 1. The molecule has 2 N–H and O–H groups in total. The van der Waals surface area contributed by atoms with Gasteiger partial charge in [-0.15, -0.1) is 16.9 Å². The summed E-state index contributed by atoms with van der Waals surface area (Å²) in [6, 6.07) is 8.13. The van der Waals surface area contributed by atoms with Crippen molar-refractivity contribution in [2.45, 2.75) is 11.8 Å². The lowest BCUT2D eigenvalue weighted by atomic mass is 10.2. The molecular formula is C12H14N4O2S. The van der Waals surface area contributed by atoms with Crippen LogP contribution in [0, 0.1) is 6.92 Å². The summed E-state index contributed by atoms with van der Waals surface area (Å²) in [5, 5.41) is 8.93. The molecule has 2 rings (SSSR count). The molecule has 0 aliphatic heterocycles. The fourth-order valence-corrected chi connectivity index (χ4v) is 2.25. The summed E-state index contributed by atoms with van der Waals surface area (Å²) >= 11 is 1.48. The number of carbonyl (C=O) groups excluding carboxylic acids is 1. The van der Waals surface area contributed by atoms with E-state index in [2.05, 4.69) is 20.5 Å². The number of hydrogen-bond donors (Lipinski definition) is 2. The largest absolute Gasteiger partial charge is 0.466 e. The quantitative estimate of drug-likeness (QED) is 0.816. The number of nitrogens with zero attached hydrogens (tertiary/aromatic N) is 2. The zero-order valence-corrected chi connectivity index (χ0v) is 11.5. The minimum Gasteiger partial charge on any atom is -0.466 e. The van der Waals surface area contributed by atoms with Crippen molar-refractivity contribution in [1.82, 2.24) is 15.2 Å². The molecule has 0 aliphatic carbocycles. The molecule has 1 heterocycles. The molecule has 0 spiro atoms. The minimum absolute atomic E-state index is 0.146. The topological polar surface area (TPSA) is 79.9 Å². The Balaban J connectivity index is 1.86. The average Bonchev–Trinajstić information content (AvgIpc) is 2.85. The summed E-state index contributed by atoms with van der Waals surface area (Å²) in [6.07, 6.45) is 0. The van der Waals surface area contributed by atoms with E-state index in [-0.39, 0.29) is 17.9 Å². The highest BCUT2D eigenvalue weighted by Crippen LogP contribution is 2.21. The van der Waals surface area contributed by atoms with Crippen LogP contribution in [0.15, 0.2) is 29.2 Å². The number of nitrogens with one attached hydrogen (secondary N) is 2. The number of H-pyrrole nitrogens is 1. The van der Waals surface area contributed by atoms with E-state index >= 15 is 0 Å². The van der Waals surface area contributed by atoms with Gasteiger partial charge in [0.1, 0.15) is 0 Å². The molecule has 0 aliphatic rings. The zero-order chi connectivity index (χ0) is 13.7. The number of methoxy groups -OCH3 is 1. The van der Waals surface area contributed by atoms with Crippen LogP contribution >= 0.6 is 11.8 Å². The van der Waals surface area contributed by atoms with Crippen molar-refractivity contribution in [3.63, 3.8) is 0 Å². The molecule has 6 nitrogen and oxygen atoms in total. The third-order valence-electron chi connectivity index (χ3n) is 2.36. The highest BCUT2D eigenvalue weighted by Gasteiger charge is 2.08. The fraction of sp³-hybridized carbons (Fsp3) is 0.250. The molecular weight excluding hydrogens is 264 g/mol. The van der Waals surface area contributed by atoms with Gasteiger partial charge >= 0.3 is 6.01 Å². The Bertz CT molecular complexity index is 570. The maximum absolute atomic E-state index is 11.7. The smallest absolute Gasteiger partial charge is 0.336 e. The van der Waals surface area contributed by atoms with Crippen LogP contribution in [0.4, 0.5) is 5.95 Å². The molecule has 1 aromatic heterocycles. The molecule has 2 aromatic rings. The first-order valence-corrected chi connectivity index (χ1v) is 6.62. The number of anilines is 1. The molecule has 1 aromatic carbocycles. The fourth-order valence-electron chi connectivity index (χ4n) is 1.42. The standard InChI is InChI=1S/C12H14N4O2S/c1-8-5-3-4-6-9(8)19-7-10(17)13-11-14-12(18-2)16-15-11/h3-6H,7H2,1-2H3,(H2,13,14,15,16,17). The highest BCUT2D eigenvalue weighted by atomic mass is 32.2. The van der Waals surface area contributed by atoms with E-state index in [0.29, 0.717) is 5.75 Å². The van der Waals surface area contributed by atoms with Crippen molar-refractivity contribution in [3.05, 3.63) is 29.8 Å². The minimum atomic E-state index is -0.146. The summed E-state index contributed by atoms with van der Waals surface area (Å²) in [5.74, 6) is 0.452. The molecule has 0 radical (unpaired) electrons. The van der Waals surface area contributed by atoms with Crippen LogP contribution in [0.3, 0.4) is 0 Å². The molecule has 0 saturated heterocycles. The second-order valence-corrected chi connectivity index (χ2v) is 4.79. The normalized spacial score (nSPS) is 10.2. The van der Waals surface area contributed by atoms with Gasteiger partial charge < -0.3 is 4.74 Å². The second-order valence-electron chi connectivity index (χ2n) is 3.77. The lowest BCUT2D eigenvalue weighted by Gasteiger charge is -2.04. The van der Waals surface area contributed by atoms with Gasteiger partial charge in [0.15, 0.2) is 0 Å². The predicted octanol–water partition coefficient (Wildman–Crippen LogP) is 1.85. The summed E-state index contributed by atoms with van der Waals surface area (Å²) in [7, 11) is 1.46. The summed E-state index contributed by atoms with van der Waals surface area (Å²) in [4.78, 5) is 16.7. The Morgan fingerprint density at radius 2 is 2.26 bits per heavy atom. The molecule has 0 atom stereocenters. The van der Waals surface area contributed by atoms with Gasteiger partial charge in [-0.2, -0.15) is 4.98 Å². The average molecular weight is 278 g/mol. The van der Waals surface area contributed by atoms with Gasteiger partial charge in [0.2, 0.25) is 11.9 Å². The number of thioether (sulfide) groups is 1. The van der Waals surface area contributed by atoms with E-state index < -0.39 is 0 Å². The summed E-state index contributed by atoms with van der Waals surface area (Å²) in [5.41, 5.74) is 1.15. The highest BCUT2D eigenvalue weighted by molar-refractivity contribution is 8.00. The molecule has 19 heavy (non-hydrogen) atoms.